The van der Waals surface area contributed by atoms with Gasteiger partial charge in [0.2, 0.25) is 0 Å². The first-order valence-electron chi connectivity index (χ1n) is 8.38. The van der Waals surface area contributed by atoms with Gasteiger partial charge in [0.25, 0.3) is 0 Å². The minimum atomic E-state index is -0.547. The van der Waals surface area contributed by atoms with E-state index in [4.69, 9.17) is 9.47 Å². The van der Waals surface area contributed by atoms with Crippen LogP contribution in [0.4, 0.5) is 0 Å². The number of benzene rings is 2. The quantitative estimate of drug-likeness (QED) is 0.302. The first-order valence-corrected chi connectivity index (χ1v) is 8.38. The molecule has 2 aromatic carbocycles. The van der Waals surface area contributed by atoms with E-state index >= 15 is 0 Å². The van der Waals surface area contributed by atoms with Crippen molar-refractivity contribution in [1.29, 1.82) is 0 Å². The maximum absolute atomic E-state index is 12.2. The molecule has 0 aliphatic carbocycles. The molecule has 0 saturated carbocycles. The smallest absolute Gasteiger partial charge is 0.343 e. The Morgan fingerprint density at radius 3 is 2.12 bits per heavy atom. The van der Waals surface area contributed by atoms with Gasteiger partial charge in [0.1, 0.15) is 11.5 Å². The molecule has 0 fully saturated rings. The molecule has 4 nitrogen and oxygen atoms in total. The second-order valence-corrected chi connectivity index (χ2v) is 5.64. The third kappa shape index (κ3) is 5.92. The van der Waals surface area contributed by atoms with Gasteiger partial charge >= 0.3 is 11.9 Å². The van der Waals surface area contributed by atoms with Crippen molar-refractivity contribution in [3.8, 4) is 11.5 Å². The average molecular weight is 338 g/mol. The molecular formula is C21H22O4. The van der Waals surface area contributed by atoms with Crippen LogP contribution >= 0.6 is 0 Å². The molecule has 4 heteroatoms. The van der Waals surface area contributed by atoms with Crippen LogP contribution in [-0.4, -0.2) is 11.9 Å². The van der Waals surface area contributed by atoms with E-state index < -0.39 is 11.9 Å². The predicted octanol–water partition coefficient (Wildman–Crippen LogP) is 4.73. The highest BCUT2D eigenvalue weighted by Crippen LogP contribution is 2.18. The maximum atomic E-state index is 12.2. The van der Waals surface area contributed by atoms with Crippen LogP contribution in [-0.2, 0) is 11.2 Å². The van der Waals surface area contributed by atoms with Crippen LogP contribution in [0.15, 0.2) is 61.2 Å². The second-order valence-electron chi connectivity index (χ2n) is 5.64. The summed E-state index contributed by atoms with van der Waals surface area (Å²) in [6.45, 7) is 5.51. The number of esters is 2. The number of carbonyl (C=O) groups excluding carboxylic acids is 2. The molecule has 0 spiro atoms. The Kier molecular flexibility index (Phi) is 6.96. The van der Waals surface area contributed by atoms with Gasteiger partial charge in [-0.25, -0.2) is 9.59 Å². The molecule has 0 amide bonds. The Labute approximate surface area is 148 Å². The molecule has 0 saturated heterocycles. The van der Waals surface area contributed by atoms with Crippen molar-refractivity contribution < 1.29 is 19.1 Å². The van der Waals surface area contributed by atoms with E-state index in [0.29, 0.717) is 17.1 Å². The minimum absolute atomic E-state index is 0.345. The van der Waals surface area contributed by atoms with Crippen LogP contribution in [0.5, 0.6) is 11.5 Å². The monoisotopic (exact) mass is 338 g/mol. The van der Waals surface area contributed by atoms with Crippen molar-refractivity contribution in [3.63, 3.8) is 0 Å². The Bertz CT molecular complexity index is 715. The van der Waals surface area contributed by atoms with E-state index in [1.807, 2.05) is 12.1 Å². The third-order valence-corrected chi connectivity index (χ3v) is 3.68. The highest BCUT2D eigenvalue weighted by molar-refractivity contribution is 5.91. The van der Waals surface area contributed by atoms with Gasteiger partial charge in [-0.1, -0.05) is 38.5 Å². The lowest BCUT2D eigenvalue weighted by atomic mass is 10.1. The van der Waals surface area contributed by atoms with E-state index in [2.05, 4.69) is 13.5 Å². The molecule has 0 aliphatic rings. The van der Waals surface area contributed by atoms with Crippen LogP contribution in [0.25, 0.3) is 0 Å². The standard InChI is InChI=1S/C21H22O4/c1-3-5-6-7-16-8-12-19(13-9-16)25-21(23)17-10-14-18(15-11-17)24-20(22)4-2/h4,8-15H,2-3,5-7H2,1H3. The topological polar surface area (TPSA) is 52.6 Å². The largest absolute Gasteiger partial charge is 0.423 e. The summed E-state index contributed by atoms with van der Waals surface area (Å²) in [4.78, 5) is 23.3. The summed E-state index contributed by atoms with van der Waals surface area (Å²) in [5.74, 6) is -0.154. The highest BCUT2D eigenvalue weighted by atomic mass is 16.5. The molecule has 0 bridgehead atoms. The minimum Gasteiger partial charge on any atom is -0.423 e. The number of hydrogen-bond acceptors (Lipinski definition) is 4. The van der Waals surface area contributed by atoms with E-state index in [-0.39, 0.29) is 0 Å². The van der Waals surface area contributed by atoms with Gasteiger partial charge in [-0.2, -0.15) is 0 Å². The lowest BCUT2D eigenvalue weighted by Gasteiger charge is -2.07. The van der Waals surface area contributed by atoms with E-state index in [1.165, 1.54) is 37.0 Å². The number of aryl methyl sites for hydroxylation is 1. The van der Waals surface area contributed by atoms with Crippen LogP contribution < -0.4 is 9.47 Å². The molecule has 0 radical (unpaired) electrons. The molecule has 0 atom stereocenters. The zero-order valence-corrected chi connectivity index (χ0v) is 14.4. The van der Waals surface area contributed by atoms with Gasteiger partial charge in [-0.3, -0.25) is 0 Å². The normalized spacial score (nSPS) is 10.1. The molecule has 0 aromatic heterocycles. The fourth-order valence-electron chi connectivity index (χ4n) is 2.29. The highest BCUT2D eigenvalue weighted by Gasteiger charge is 2.09. The maximum Gasteiger partial charge on any atom is 0.343 e. The first-order chi connectivity index (χ1) is 12.1. The number of rotatable bonds is 8. The number of unbranched alkanes of at least 4 members (excludes halogenated alkanes) is 2. The summed E-state index contributed by atoms with van der Waals surface area (Å²) in [6.07, 6.45) is 5.69. The molecular weight excluding hydrogens is 316 g/mol. The van der Waals surface area contributed by atoms with Crippen molar-refractivity contribution >= 4 is 11.9 Å². The third-order valence-electron chi connectivity index (χ3n) is 3.68. The van der Waals surface area contributed by atoms with E-state index in [9.17, 15) is 9.59 Å². The van der Waals surface area contributed by atoms with Crippen LogP contribution in [0.1, 0.15) is 42.1 Å². The molecule has 2 rings (SSSR count). The fraction of sp³-hybridized carbons (Fsp3) is 0.238. The zero-order valence-electron chi connectivity index (χ0n) is 14.4. The molecule has 0 N–H and O–H groups in total. The fourth-order valence-corrected chi connectivity index (χ4v) is 2.29. The molecule has 2 aromatic rings. The summed E-state index contributed by atoms with van der Waals surface area (Å²) in [5, 5.41) is 0. The lowest BCUT2D eigenvalue weighted by molar-refractivity contribution is -0.128. The van der Waals surface area contributed by atoms with Gasteiger partial charge in [-0.05, 0) is 54.8 Å². The van der Waals surface area contributed by atoms with E-state index in [0.717, 1.165) is 12.5 Å². The van der Waals surface area contributed by atoms with Crippen molar-refractivity contribution in [2.24, 2.45) is 0 Å². The summed E-state index contributed by atoms with van der Waals surface area (Å²) in [6, 6.07) is 13.7. The summed E-state index contributed by atoms with van der Waals surface area (Å²) >= 11 is 0. The van der Waals surface area contributed by atoms with Crippen LogP contribution in [0.2, 0.25) is 0 Å². The van der Waals surface area contributed by atoms with Crippen LogP contribution in [0, 0.1) is 0 Å². The Morgan fingerprint density at radius 1 is 0.920 bits per heavy atom. The van der Waals surface area contributed by atoms with Gasteiger partial charge in [0.05, 0.1) is 5.56 Å². The lowest BCUT2D eigenvalue weighted by Crippen LogP contribution is -2.09. The Balaban J connectivity index is 1.92. The first kappa shape index (κ1) is 18.5. The van der Waals surface area contributed by atoms with Gasteiger partial charge in [-0.15, -0.1) is 0 Å². The second kappa shape index (κ2) is 9.42. The molecule has 25 heavy (non-hydrogen) atoms. The number of hydrogen-bond donors (Lipinski definition) is 0. The average Bonchev–Trinajstić information content (AvgIpc) is 2.64. The van der Waals surface area contributed by atoms with Gasteiger partial charge < -0.3 is 9.47 Å². The molecule has 130 valence electrons. The molecule has 0 heterocycles. The van der Waals surface area contributed by atoms with Gasteiger partial charge in [0, 0.05) is 6.08 Å². The summed E-state index contributed by atoms with van der Waals surface area (Å²) < 4.78 is 10.3. The van der Waals surface area contributed by atoms with Crippen LogP contribution in [0.3, 0.4) is 0 Å². The summed E-state index contributed by atoms with van der Waals surface area (Å²) in [5.41, 5.74) is 1.62. The van der Waals surface area contributed by atoms with Crippen molar-refractivity contribution in [3.05, 3.63) is 72.3 Å². The van der Waals surface area contributed by atoms with Crippen molar-refractivity contribution in [2.45, 2.75) is 32.6 Å². The number of ether oxygens (including phenoxy) is 2. The molecule has 0 unspecified atom stereocenters. The predicted molar refractivity (Wildman–Crippen MR) is 96.9 cm³/mol. The SMILES string of the molecule is C=CC(=O)Oc1ccc(C(=O)Oc2ccc(CCCCC)cc2)cc1. The van der Waals surface area contributed by atoms with Crippen molar-refractivity contribution in [1.82, 2.24) is 0 Å². The Hall–Kier alpha value is -2.88. The Morgan fingerprint density at radius 2 is 1.52 bits per heavy atom. The van der Waals surface area contributed by atoms with Crippen molar-refractivity contribution in [2.75, 3.05) is 0 Å². The summed E-state index contributed by atoms with van der Waals surface area (Å²) in [7, 11) is 0. The zero-order chi connectivity index (χ0) is 18.1. The van der Waals surface area contributed by atoms with E-state index in [1.54, 1.807) is 24.3 Å². The number of carbonyl (C=O) groups is 2. The van der Waals surface area contributed by atoms with Gasteiger partial charge in [0.15, 0.2) is 0 Å². The molecule has 0 aliphatic heterocycles.